The summed E-state index contributed by atoms with van der Waals surface area (Å²) in [7, 11) is 0. The molecule has 0 saturated heterocycles. The first kappa shape index (κ1) is 12.7. The van der Waals surface area contributed by atoms with Crippen molar-refractivity contribution < 1.29 is 4.74 Å². The van der Waals surface area contributed by atoms with Crippen molar-refractivity contribution in [2.75, 3.05) is 6.61 Å². The normalized spacial score (nSPS) is 16.6. The van der Waals surface area contributed by atoms with Gasteiger partial charge in [-0.25, -0.2) is 0 Å². The van der Waals surface area contributed by atoms with E-state index in [1.165, 1.54) is 5.56 Å². The zero-order valence-corrected chi connectivity index (χ0v) is 12.4. The summed E-state index contributed by atoms with van der Waals surface area (Å²) in [6.45, 7) is 2.79. The van der Waals surface area contributed by atoms with Gasteiger partial charge in [-0.2, -0.15) is 0 Å². The van der Waals surface area contributed by atoms with Gasteiger partial charge in [0, 0.05) is 16.5 Å². The lowest BCUT2D eigenvalue weighted by molar-refractivity contribution is 0.347. The molecular formula is C16H16BrNO. The van der Waals surface area contributed by atoms with Gasteiger partial charge in [0.15, 0.2) is 0 Å². The summed E-state index contributed by atoms with van der Waals surface area (Å²) >= 11 is 3.45. The molecule has 3 rings (SSSR count). The Morgan fingerprint density at radius 3 is 2.63 bits per heavy atom. The predicted molar refractivity (Wildman–Crippen MR) is 80.4 cm³/mol. The maximum atomic E-state index is 6.59. The first-order chi connectivity index (χ1) is 9.09. The molecule has 0 spiro atoms. The molecule has 2 aromatic carbocycles. The van der Waals surface area contributed by atoms with Gasteiger partial charge in [-0.05, 0) is 30.2 Å². The zero-order valence-electron chi connectivity index (χ0n) is 10.8. The summed E-state index contributed by atoms with van der Waals surface area (Å²) in [5.74, 6) is 0.968. The summed E-state index contributed by atoms with van der Waals surface area (Å²) in [5.41, 5.74) is 9.44. The molecule has 1 heterocycles. The van der Waals surface area contributed by atoms with Crippen molar-refractivity contribution in [2.45, 2.75) is 18.9 Å². The van der Waals surface area contributed by atoms with Crippen LogP contribution < -0.4 is 10.5 Å². The Balaban J connectivity index is 2.10. The number of hydrogen-bond acceptors (Lipinski definition) is 2. The van der Waals surface area contributed by atoms with Crippen molar-refractivity contribution in [3.05, 3.63) is 63.6 Å². The number of hydrogen-bond donors (Lipinski definition) is 1. The Morgan fingerprint density at radius 2 is 1.89 bits per heavy atom. The molecule has 1 aliphatic rings. The van der Waals surface area contributed by atoms with Gasteiger partial charge in [0.25, 0.3) is 0 Å². The Bertz CT molecular complexity index is 605. The fraction of sp³-hybridized carbons (Fsp3) is 0.250. The lowest BCUT2D eigenvalue weighted by Gasteiger charge is -2.27. The van der Waals surface area contributed by atoms with Crippen LogP contribution in [0.1, 0.15) is 23.6 Å². The minimum atomic E-state index is -0.545. The standard InChI is InChI=1S/C16H16BrNO/c1-16(18,12-5-7-13(17)8-6-12)14-4-2-3-11-9-10-19-15(11)14/h2-8H,9-10,18H2,1H3. The summed E-state index contributed by atoms with van der Waals surface area (Å²) in [5, 5.41) is 0. The van der Waals surface area contributed by atoms with Crippen molar-refractivity contribution in [2.24, 2.45) is 5.73 Å². The van der Waals surface area contributed by atoms with Crippen LogP contribution in [-0.4, -0.2) is 6.61 Å². The molecule has 2 nitrogen and oxygen atoms in total. The molecule has 98 valence electrons. The van der Waals surface area contributed by atoms with Gasteiger partial charge in [-0.15, -0.1) is 0 Å². The van der Waals surface area contributed by atoms with E-state index in [2.05, 4.69) is 46.3 Å². The SMILES string of the molecule is CC(N)(c1ccc(Br)cc1)c1cccc2c1OCC2. The van der Waals surface area contributed by atoms with Crippen LogP contribution in [0.15, 0.2) is 46.9 Å². The summed E-state index contributed by atoms with van der Waals surface area (Å²) in [6.07, 6.45) is 0.972. The highest BCUT2D eigenvalue weighted by Crippen LogP contribution is 2.38. The molecule has 3 heteroatoms. The van der Waals surface area contributed by atoms with Crippen LogP contribution in [0.25, 0.3) is 0 Å². The van der Waals surface area contributed by atoms with E-state index in [-0.39, 0.29) is 0 Å². The first-order valence-corrected chi connectivity index (χ1v) is 7.18. The Morgan fingerprint density at radius 1 is 1.16 bits per heavy atom. The van der Waals surface area contributed by atoms with E-state index in [4.69, 9.17) is 10.5 Å². The topological polar surface area (TPSA) is 35.2 Å². The van der Waals surface area contributed by atoms with Gasteiger partial charge < -0.3 is 10.5 Å². The Hall–Kier alpha value is -1.32. The predicted octanol–water partition coefficient (Wildman–Crippen LogP) is 3.61. The molecule has 0 aliphatic carbocycles. The second-order valence-corrected chi connectivity index (χ2v) is 6.02. The lowest BCUT2D eigenvalue weighted by atomic mass is 9.84. The second-order valence-electron chi connectivity index (χ2n) is 5.10. The molecule has 1 unspecified atom stereocenters. The average molecular weight is 318 g/mol. The zero-order chi connectivity index (χ0) is 13.5. The first-order valence-electron chi connectivity index (χ1n) is 6.39. The number of ether oxygens (including phenoxy) is 1. The van der Waals surface area contributed by atoms with Gasteiger partial charge in [-0.3, -0.25) is 0 Å². The molecule has 0 bridgehead atoms. The fourth-order valence-electron chi connectivity index (χ4n) is 2.58. The highest BCUT2D eigenvalue weighted by Gasteiger charge is 2.30. The fourth-order valence-corrected chi connectivity index (χ4v) is 2.84. The molecule has 0 radical (unpaired) electrons. The smallest absolute Gasteiger partial charge is 0.128 e. The third-order valence-corrected chi connectivity index (χ3v) is 4.25. The van der Waals surface area contributed by atoms with E-state index >= 15 is 0 Å². The number of para-hydroxylation sites is 1. The van der Waals surface area contributed by atoms with Crippen LogP contribution in [0.5, 0.6) is 5.75 Å². The lowest BCUT2D eigenvalue weighted by Crippen LogP contribution is -2.34. The minimum Gasteiger partial charge on any atom is -0.493 e. The highest BCUT2D eigenvalue weighted by atomic mass is 79.9. The van der Waals surface area contributed by atoms with Gasteiger partial charge in [0.2, 0.25) is 0 Å². The van der Waals surface area contributed by atoms with E-state index in [9.17, 15) is 0 Å². The molecular weight excluding hydrogens is 302 g/mol. The van der Waals surface area contributed by atoms with Crippen LogP contribution in [-0.2, 0) is 12.0 Å². The van der Waals surface area contributed by atoms with E-state index in [0.29, 0.717) is 0 Å². The van der Waals surface area contributed by atoms with Crippen molar-refractivity contribution in [3.63, 3.8) is 0 Å². The van der Waals surface area contributed by atoms with Crippen molar-refractivity contribution in [3.8, 4) is 5.75 Å². The molecule has 0 saturated carbocycles. The van der Waals surface area contributed by atoms with Crippen LogP contribution in [0.4, 0.5) is 0 Å². The molecule has 1 aliphatic heterocycles. The van der Waals surface area contributed by atoms with Crippen LogP contribution in [0.3, 0.4) is 0 Å². The van der Waals surface area contributed by atoms with E-state index in [1.54, 1.807) is 0 Å². The number of fused-ring (bicyclic) bond motifs is 1. The van der Waals surface area contributed by atoms with Gasteiger partial charge in [0.1, 0.15) is 5.75 Å². The Labute approximate surface area is 121 Å². The molecule has 0 fully saturated rings. The average Bonchev–Trinajstić information content (AvgIpc) is 2.87. The van der Waals surface area contributed by atoms with Crippen LogP contribution in [0, 0.1) is 0 Å². The third-order valence-electron chi connectivity index (χ3n) is 3.72. The van der Waals surface area contributed by atoms with Gasteiger partial charge >= 0.3 is 0 Å². The maximum Gasteiger partial charge on any atom is 0.128 e. The highest BCUT2D eigenvalue weighted by molar-refractivity contribution is 9.10. The third kappa shape index (κ3) is 2.17. The number of halogens is 1. The Kier molecular flexibility index (Phi) is 3.11. The van der Waals surface area contributed by atoms with Crippen molar-refractivity contribution in [1.29, 1.82) is 0 Å². The quantitative estimate of drug-likeness (QED) is 0.918. The minimum absolute atomic E-state index is 0.545. The number of benzene rings is 2. The molecule has 0 amide bonds. The monoisotopic (exact) mass is 317 g/mol. The maximum absolute atomic E-state index is 6.59. The summed E-state index contributed by atoms with van der Waals surface area (Å²) in [4.78, 5) is 0. The summed E-state index contributed by atoms with van der Waals surface area (Å²) in [6, 6.07) is 14.4. The molecule has 2 N–H and O–H groups in total. The van der Waals surface area contributed by atoms with Crippen molar-refractivity contribution in [1.82, 2.24) is 0 Å². The summed E-state index contributed by atoms with van der Waals surface area (Å²) < 4.78 is 6.83. The largest absolute Gasteiger partial charge is 0.493 e. The van der Waals surface area contributed by atoms with Crippen LogP contribution in [0.2, 0.25) is 0 Å². The van der Waals surface area contributed by atoms with Crippen molar-refractivity contribution >= 4 is 15.9 Å². The van der Waals surface area contributed by atoms with E-state index in [0.717, 1.165) is 34.4 Å². The molecule has 1 atom stereocenters. The molecule has 0 aromatic heterocycles. The number of rotatable bonds is 2. The van der Waals surface area contributed by atoms with Gasteiger partial charge in [-0.1, -0.05) is 46.3 Å². The molecule has 19 heavy (non-hydrogen) atoms. The van der Waals surface area contributed by atoms with E-state index in [1.807, 2.05) is 19.1 Å². The number of nitrogens with two attached hydrogens (primary N) is 1. The van der Waals surface area contributed by atoms with Crippen LogP contribution >= 0.6 is 15.9 Å². The van der Waals surface area contributed by atoms with E-state index < -0.39 is 5.54 Å². The van der Waals surface area contributed by atoms with Gasteiger partial charge in [0.05, 0.1) is 12.1 Å². The molecule has 2 aromatic rings. The second kappa shape index (κ2) is 4.66.